The largest absolute Gasteiger partial charge is 0.476 e. The second-order valence-electron chi connectivity index (χ2n) is 4.46. The molecule has 0 fully saturated rings. The number of hydrogen-bond acceptors (Lipinski definition) is 4. The van der Waals surface area contributed by atoms with Gasteiger partial charge in [0.25, 0.3) is 0 Å². The van der Waals surface area contributed by atoms with Crippen LogP contribution in [-0.2, 0) is 0 Å². The Kier molecular flexibility index (Phi) is 4.77. The summed E-state index contributed by atoms with van der Waals surface area (Å²) in [6, 6.07) is 7.64. The Morgan fingerprint density at radius 2 is 1.95 bits per heavy atom. The van der Waals surface area contributed by atoms with Gasteiger partial charge in [-0.25, -0.2) is 14.8 Å². The van der Waals surface area contributed by atoms with Crippen LogP contribution in [0.25, 0.3) is 0 Å². The van der Waals surface area contributed by atoms with Gasteiger partial charge in [-0.15, -0.1) is 0 Å². The number of nitrogens with zero attached hydrogens (tertiary/aromatic N) is 2. The third-order valence-corrected chi connectivity index (χ3v) is 4.09. The van der Waals surface area contributed by atoms with E-state index in [1.54, 1.807) is 6.20 Å². The molecule has 0 atom stereocenters. The highest BCUT2D eigenvalue weighted by Crippen LogP contribution is 2.30. The molecular weight excluding hydrogens is 340 g/mol. The van der Waals surface area contributed by atoms with E-state index in [-0.39, 0.29) is 11.6 Å². The molecule has 0 bridgehead atoms. The van der Waals surface area contributed by atoms with Gasteiger partial charge in [0.1, 0.15) is 5.82 Å². The Balaban J connectivity index is 2.35. The van der Waals surface area contributed by atoms with Gasteiger partial charge in [0, 0.05) is 21.5 Å². The molecule has 104 valence electrons. The average Bonchev–Trinajstić information content (AvgIpc) is 2.41. The number of carboxylic acids is 1. The summed E-state index contributed by atoms with van der Waals surface area (Å²) in [7, 11) is 0. The van der Waals surface area contributed by atoms with E-state index in [1.165, 1.54) is 11.8 Å². The quantitative estimate of drug-likeness (QED) is 0.892. The molecule has 2 rings (SSSR count). The van der Waals surface area contributed by atoms with Crippen LogP contribution in [-0.4, -0.2) is 21.0 Å². The number of carbonyl (C=O) groups is 1. The molecule has 1 aromatic carbocycles. The van der Waals surface area contributed by atoms with Crippen LogP contribution in [0.5, 0.6) is 0 Å². The number of halogens is 1. The fourth-order valence-electron chi connectivity index (χ4n) is 1.52. The highest BCUT2D eigenvalue weighted by molar-refractivity contribution is 9.10. The number of benzene rings is 1. The molecule has 20 heavy (non-hydrogen) atoms. The van der Waals surface area contributed by atoms with Crippen LogP contribution >= 0.6 is 27.7 Å². The summed E-state index contributed by atoms with van der Waals surface area (Å²) >= 11 is 4.71. The van der Waals surface area contributed by atoms with Gasteiger partial charge >= 0.3 is 5.97 Å². The maximum Gasteiger partial charge on any atom is 0.355 e. The predicted molar refractivity (Wildman–Crippen MR) is 81.3 cm³/mol. The summed E-state index contributed by atoms with van der Waals surface area (Å²) in [4.78, 5) is 21.2. The lowest BCUT2D eigenvalue weighted by Crippen LogP contribution is -2.08. The minimum atomic E-state index is -1.03. The molecule has 1 heterocycles. The number of hydrogen-bond donors (Lipinski definition) is 1. The lowest BCUT2D eigenvalue weighted by Gasteiger charge is -2.08. The van der Waals surface area contributed by atoms with Crippen LogP contribution in [0, 0.1) is 0 Å². The highest BCUT2D eigenvalue weighted by atomic mass is 79.9. The second kappa shape index (κ2) is 6.37. The maximum atomic E-state index is 11.3. The van der Waals surface area contributed by atoms with Crippen LogP contribution in [0.2, 0.25) is 0 Å². The normalized spacial score (nSPS) is 10.8. The average molecular weight is 353 g/mol. The van der Waals surface area contributed by atoms with Crippen molar-refractivity contribution in [1.29, 1.82) is 0 Å². The molecule has 4 nitrogen and oxygen atoms in total. The fourth-order valence-corrected chi connectivity index (χ4v) is 2.65. The number of aromatic nitrogens is 2. The Labute approximate surface area is 129 Å². The number of rotatable bonds is 4. The minimum Gasteiger partial charge on any atom is -0.476 e. The van der Waals surface area contributed by atoms with Crippen molar-refractivity contribution in [3.63, 3.8) is 0 Å². The van der Waals surface area contributed by atoms with E-state index in [0.29, 0.717) is 10.7 Å². The number of aromatic carboxylic acids is 1. The van der Waals surface area contributed by atoms with Gasteiger partial charge < -0.3 is 5.11 Å². The van der Waals surface area contributed by atoms with Crippen molar-refractivity contribution in [1.82, 2.24) is 9.97 Å². The molecule has 0 radical (unpaired) electrons. The zero-order valence-electron chi connectivity index (χ0n) is 11.0. The van der Waals surface area contributed by atoms with Gasteiger partial charge in [0.2, 0.25) is 0 Å². The molecule has 0 aliphatic carbocycles. The maximum absolute atomic E-state index is 11.3. The van der Waals surface area contributed by atoms with Gasteiger partial charge in [0.05, 0.1) is 4.90 Å². The molecule has 0 amide bonds. The van der Waals surface area contributed by atoms with E-state index in [2.05, 4.69) is 25.9 Å². The zero-order chi connectivity index (χ0) is 14.7. The summed E-state index contributed by atoms with van der Waals surface area (Å²) in [5.74, 6) is -0.392. The lowest BCUT2D eigenvalue weighted by molar-refractivity contribution is 0.0685. The van der Waals surface area contributed by atoms with Crippen LogP contribution in [0.3, 0.4) is 0 Å². The first-order valence-electron chi connectivity index (χ1n) is 6.01. The summed E-state index contributed by atoms with van der Waals surface area (Å²) in [6.07, 6.45) is 1.58. The van der Waals surface area contributed by atoms with Crippen LogP contribution in [0.1, 0.15) is 36.1 Å². The first-order chi connectivity index (χ1) is 9.47. The van der Waals surface area contributed by atoms with E-state index >= 15 is 0 Å². The number of carboxylic acid groups (broad SMARTS) is 1. The molecule has 0 spiro atoms. The van der Waals surface area contributed by atoms with E-state index in [0.717, 1.165) is 9.37 Å². The molecule has 0 saturated heterocycles. The highest BCUT2D eigenvalue weighted by Gasteiger charge is 2.16. The van der Waals surface area contributed by atoms with Crippen molar-refractivity contribution >= 4 is 33.7 Å². The first kappa shape index (κ1) is 15.0. The second-order valence-corrected chi connectivity index (χ2v) is 6.49. The van der Waals surface area contributed by atoms with E-state index in [4.69, 9.17) is 0 Å². The van der Waals surface area contributed by atoms with Gasteiger partial charge in [-0.1, -0.05) is 41.5 Å². The van der Waals surface area contributed by atoms with Crippen molar-refractivity contribution in [2.75, 3.05) is 0 Å². The van der Waals surface area contributed by atoms with Gasteiger partial charge in [0.15, 0.2) is 5.69 Å². The standard InChI is InChI=1S/C14H13BrN2O2S/c1-8(2)13-16-7-11(12(17-13)14(18)19)20-10-5-3-9(15)4-6-10/h3-8H,1-2H3,(H,18,19). The molecule has 0 unspecified atom stereocenters. The third-order valence-electron chi connectivity index (χ3n) is 2.53. The Bertz CT molecular complexity index is 630. The summed E-state index contributed by atoms with van der Waals surface area (Å²) < 4.78 is 0.978. The molecule has 0 aliphatic heterocycles. The summed E-state index contributed by atoms with van der Waals surface area (Å²) in [5, 5.41) is 9.28. The van der Waals surface area contributed by atoms with Crippen LogP contribution in [0.15, 0.2) is 44.7 Å². The topological polar surface area (TPSA) is 63.1 Å². The zero-order valence-corrected chi connectivity index (χ0v) is 13.4. The molecule has 2 aromatic rings. The summed E-state index contributed by atoms with van der Waals surface area (Å²) in [5.41, 5.74) is 0.0524. The molecule has 1 aromatic heterocycles. The lowest BCUT2D eigenvalue weighted by atomic mass is 10.2. The van der Waals surface area contributed by atoms with Crippen molar-refractivity contribution in [2.24, 2.45) is 0 Å². The molecule has 0 aliphatic rings. The smallest absolute Gasteiger partial charge is 0.355 e. The van der Waals surface area contributed by atoms with Crippen molar-refractivity contribution in [3.8, 4) is 0 Å². The van der Waals surface area contributed by atoms with Crippen LogP contribution < -0.4 is 0 Å². The Morgan fingerprint density at radius 1 is 1.30 bits per heavy atom. The Morgan fingerprint density at radius 3 is 2.50 bits per heavy atom. The minimum absolute atomic E-state index is 0.0524. The first-order valence-corrected chi connectivity index (χ1v) is 7.62. The van der Waals surface area contributed by atoms with E-state index < -0.39 is 5.97 Å². The van der Waals surface area contributed by atoms with Crippen molar-refractivity contribution < 1.29 is 9.90 Å². The Hall–Kier alpha value is -1.40. The van der Waals surface area contributed by atoms with Gasteiger partial charge in [-0.2, -0.15) is 0 Å². The van der Waals surface area contributed by atoms with Crippen molar-refractivity contribution in [2.45, 2.75) is 29.6 Å². The molecular formula is C14H13BrN2O2S. The predicted octanol–water partition coefficient (Wildman–Crippen LogP) is 4.21. The van der Waals surface area contributed by atoms with Gasteiger partial charge in [-0.05, 0) is 24.3 Å². The van der Waals surface area contributed by atoms with Crippen molar-refractivity contribution in [3.05, 3.63) is 46.5 Å². The van der Waals surface area contributed by atoms with E-state index in [1.807, 2.05) is 38.1 Å². The van der Waals surface area contributed by atoms with Crippen LogP contribution in [0.4, 0.5) is 0 Å². The SMILES string of the molecule is CC(C)c1ncc(Sc2ccc(Br)cc2)c(C(=O)O)n1. The van der Waals surface area contributed by atoms with Gasteiger partial charge in [-0.3, -0.25) is 0 Å². The third kappa shape index (κ3) is 3.58. The molecule has 6 heteroatoms. The molecule has 0 saturated carbocycles. The molecule has 1 N–H and O–H groups in total. The monoisotopic (exact) mass is 352 g/mol. The van der Waals surface area contributed by atoms with E-state index in [9.17, 15) is 9.90 Å². The summed E-state index contributed by atoms with van der Waals surface area (Å²) in [6.45, 7) is 3.87. The fraction of sp³-hybridized carbons (Fsp3) is 0.214.